The quantitative estimate of drug-likeness (QED) is 0.581. The molecular formula is C23H18ClNO4. The standard InChI is InChI=1S/C23H18ClNO4/c1-13-10-11-18(22(26)27)21(20(13)24)25-23(28)29-12-19-16-8-4-2-6-14(16)15-7-3-5-9-17(15)19/h2-11,19H,12H2,1H3,(H,25,28)(H,26,27). The van der Waals surface area contributed by atoms with Crippen molar-refractivity contribution in [2.75, 3.05) is 11.9 Å². The molecule has 3 aromatic carbocycles. The Hall–Kier alpha value is -3.31. The number of nitrogens with one attached hydrogen (secondary N) is 1. The van der Waals surface area contributed by atoms with Crippen molar-refractivity contribution in [2.24, 2.45) is 0 Å². The van der Waals surface area contributed by atoms with E-state index in [1.54, 1.807) is 13.0 Å². The lowest BCUT2D eigenvalue weighted by Gasteiger charge is -2.16. The van der Waals surface area contributed by atoms with Gasteiger partial charge < -0.3 is 9.84 Å². The number of carboxylic acid groups (broad SMARTS) is 1. The zero-order valence-electron chi connectivity index (χ0n) is 15.6. The van der Waals surface area contributed by atoms with Crippen molar-refractivity contribution < 1.29 is 19.4 Å². The van der Waals surface area contributed by atoms with Crippen LogP contribution in [0.5, 0.6) is 0 Å². The maximum Gasteiger partial charge on any atom is 0.411 e. The monoisotopic (exact) mass is 407 g/mol. The lowest BCUT2D eigenvalue weighted by atomic mass is 9.98. The molecule has 0 saturated heterocycles. The van der Waals surface area contributed by atoms with Gasteiger partial charge in [-0.3, -0.25) is 5.32 Å². The fourth-order valence-electron chi connectivity index (χ4n) is 3.72. The number of hydrogen-bond donors (Lipinski definition) is 2. The average molecular weight is 408 g/mol. The molecule has 0 bridgehead atoms. The van der Waals surface area contributed by atoms with Gasteiger partial charge in [0.05, 0.1) is 16.3 Å². The number of fused-ring (bicyclic) bond motifs is 3. The minimum Gasteiger partial charge on any atom is -0.478 e. The number of aromatic carboxylic acids is 1. The molecule has 4 rings (SSSR count). The van der Waals surface area contributed by atoms with Crippen LogP contribution in [0.3, 0.4) is 0 Å². The van der Waals surface area contributed by atoms with E-state index >= 15 is 0 Å². The minimum atomic E-state index is -1.18. The third-order valence-electron chi connectivity index (χ3n) is 5.14. The highest BCUT2D eigenvalue weighted by molar-refractivity contribution is 6.35. The van der Waals surface area contributed by atoms with Crippen LogP contribution in [0.25, 0.3) is 11.1 Å². The maximum atomic E-state index is 12.4. The zero-order valence-corrected chi connectivity index (χ0v) is 16.4. The summed E-state index contributed by atoms with van der Waals surface area (Å²) in [6.45, 7) is 1.86. The molecule has 0 saturated carbocycles. The summed E-state index contributed by atoms with van der Waals surface area (Å²) in [5.41, 5.74) is 5.07. The number of amides is 1. The number of carbonyl (C=O) groups is 2. The van der Waals surface area contributed by atoms with Crippen LogP contribution in [0.2, 0.25) is 5.02 Å². The molecule has 146 valence electrons. The second-order valence-corrected chi connectivity index (χ2v) is 7.25. The molecule has 1 amide bonds. The van der Waals surface area contributed by atoms with Gasteiger partial charge in [-0.25, -0.2) is 9.59 Å². The number of anilines is 1. The molecule has 0 spiro atoms. The normalized spacial score (nSPS) is 12.2. The Labute approximate surface area is 172 Å². The summed E-state index contributed by atoms with van der Waals surface area (Å²) in [4.78, 5) is 23.9. The van der Waals surface area contributed by atoms with Crippen LogP contribution in [0.4, 0.5) is 10.5 Å². The van der Waals surface area contributed by atoms with Crippen molar-refractivity contribution >= 4 is 29.4 Å². The molecule has 0 heterocycles. The van der Waals surface area contributed by atoms with Gasteiger partial charge in [-0.1, -0.05) is 66.2 Å². The van der Waals surface area contributed by atoms with Crippen LogP contribution in [-0.4, -0.2) is 23.8 Å². The Bertz CT molecular complexity index is 1080. The van der Waals surface area contributed by atoms with Crippen molar-refractivity contribution in [1.82, 2.24) is 0 Å². The summed E-state index contributed by atoms with van der Waals surface area (Å²) in [5, 5.41) is 12.0. The summed E-state index contributed by atoms with van der Waals surface area (Å²) >= 11 is 6.21. The minimum absolute atomic E-state index is 0.0383. The first-order valence-corrected chi connectivity index (χ1v) is 9.49. The number of carboxylic acids is 1. The van der Waals surface area contributed by atoms with Gasteiger partial charge in [0, 0.05) is 5.92 Å². The van der Waals surface area contributed by atoms with Gasteiger partial charge in [-0.15, -0.1) is 0 Å². The molecule has 0 unspecified atom stereocenters. The number of hydrogen-bond acceptors (Lipinski definition) is 3. The Morgan fingerprint density at radius 2 is 1.59 bits per heavy atom. The highest BCUT2D eigenvalue weighted by Gasteiger charge is 2.29. The number of halogens is 1. The molecule has 5 nitrogen and oxygen atoms in total. The van der Waals surface area contributed by atoms with E-state index in [2.05, 4.69) is 17.4 Å². The van der Waals surface area contributed by atoms with E-state index in [-0.39, 0.29) is 28.8 Å². The van der Waals surface area contributed by atoms with Gasteiger partial charge in [0.2, 0.25) is 0 Å². The molecule has 1 aliphatic carbocycles. The summed E-state index contributed by atoms with van der Waals surface area (Å²) in [6, 6.07) is 19.1. The van der Waals surface area contributed by atoms with E-state index in [1.807, 2.05) is 36.4 Å². The Morgan fingerprint density at radius 1 is 1.00 bits per heavy atom. The predicted octanol–water partition coefficient (Wildman–Crippen LogP) is 5.71. The summed E-state index contributed by atoms with van der Waals surface area (Å²) in [5.74, 6) is -1.26. The molecule has 3 aromatic rings. The summed E-state index contributed by atoms with van der Waals surface area (Å²) < 4.78 is 5.47. The molecule has 29 heavy (non-hydrogen) atoms. The first-order valence-electron chi connectivity index (χ1n) is 9.11. The first-order chi connectivity index (χ1) is 14.0. The fourth-order valence-corrected chi connectivity index (χ4v) is 3.93. The van der Waals surface area contributed by atoms with E-state index in [0.717, 1.165) is 22.3 Å². The van der Waals surface area contributed by atoms with Crippen LogP contribution in [-0.2, 0) is 4.74 Å². The largest absolute Gasteiger partial charge is 0.478 e. The molecule has 2 N–H and O–H groups in total. The molecule has 0 aromatic heterocycles. The zero-order chi connectivity index (χ0) is 20.5. The van der Waals surface area contributed by atoms with E-state index in [1.165, 1.54) is 6.07 Å². The highest BCUT2D eigenvalue weighted by Crippen LogP contribution is 2.44. The topological polar surface area (TPSA) is 75.6 Å². The fraction of sp³-hybridized carbons (Fsp3) is 0.130. The number of carbonyl (C=O) groups excluding carboxylic acids is 1. The lowest BCUT2D eigenvalue weighted by Crippen LogP contribution is -2.19. The van der Waals surface area contributed by atoms with E-state index in [0.29, 0.717) is 5.56 Å². The molecule has 0 fully saturated rings. The van der Waals surface area contributed by atoms with Gasteiger partial charge in [-0.2, -0.15) is 0 Å². The lowest BCUT2D eigenvalue weighted by molar-refractivity contribution is 0.0698. The van der Waals surface area contributed by atoms with Gasteiger partial charge in [0.15, 0.2) is 0 Å². The number of benzene rings is 3. The van der Waals surface area contributed by atoms with Crippen LogP contribution in [0.1, 0.15) is 33.0 Å². The first kappa shape index (κ1) is 19.0. The average Bonchev–Trinajstić information content (AvgIpc) is 3.03. The van der Waals surface area contributed by atoms with Crippen LogP contribution >= 0.6 is 11.6 Å². The third-order valence-corrected chi connectivity index (χ3v) is 5.62. The molecule has 0 radical (unpaired) electrons. The molecule has 0 atom stereocenters. The number of aryl methyl sites for hydroxylation is 1. The highest BCUT2D eigenvalue weighted by atomic mass is 35.5. The molecule has 0 aliphatic heterocycles. The van der Waals surface area contributed by atoms with Crippen molar-refractivity contribution in [1.29, 1.82) is 0 Å². The summed E-state index contributed by atoms with van der Waals surface area (Å²) in [7, 11) is 0. The smallest absolute Gasteiger partial charge is 0.411 e. The van der Waals surface area contributed by atoms with Crippen molar-refractivity contribution in [3.8, 4) is 11.1 Å². The Kier molecular flexibility index (Phi) is 4.99. The Morgan fingerprint density at radius 3 is 2.17 bits per heavy atom. The number of ether oxygens (including phenoxy) is 1. The van der Waals surface area contributed by atoms with Crippen molar-refractivity contribution in [2.45, 2.75) is 12.8 Å². The third kappa shape index (κ3) is 3.45. The van der Waals surface area contributed by atoms with E-state index < -0.39 is 12.1 Å². The second-order valence-electron chi connectivity index (χ2n) is 6.87. The molecule has 6 heteroatoms. The van der Waals surface area contributed by atoms with E-state index in [4.69, 9.17) is 16.3 Å². The van der Waals surface area contributed by atoms with Crippen molar-refractivity contribution in [3.05, 3.63) is 87.9 Å². The van der Waals surface area contributed by atoms with E-state index in [9.17, 15) is 14.7 Å². The predicted molar refractivity (Wildman–Crippen MR) is 112 cm³/mol. The molecular weight excluding hydrogens is 390 g/mol. The van der Waals surface area contributed by atoms with Gasteiger partial charge in [0.25, 0.3) is 0 Å². The number of rotatable bonds is 4. The van der Waals surface area contributed by atoms with Gasteiger partial charge >= 0.3 is 12.1 Å². The van der Waals surface area contributed by atoms with Crippen LogP contribution < -0.4 is 5.32 Å². The van der Waals surface area contributed by atoms with Crippen molar-refractivity contribution in [3.63, 3.8) is 0 Å². The summed E-state index contributed by atoms with van der Waals surface area (Å²) in [6.07, 6.45) is -0.748. The molecule has 1 aliphatic rings. The maximum absolute atomic E-state index is 12.4. The second kappa shape index (κ2) is 7.60. The van der Waals surface area contributed by atoms with Gasteiger partial charge in [-0.05, 0) is 40.8 Å². The van der Waals surface area contributed by atoms with Crippen LogP contribution in [0.15, 0.2) is 60.7 Å². The SMILES string of the molecule is Cc1ccc(C(=O)O)c(NC(=O)OCC2c3ccccc3-c3ccccc32)c1Cl. The Balaban J connectivity index is 1.55. The van der Waals surface area contributed by atoms with Gasteiger partial charge in [0.1, 0.15) is 6.61 Å². The van der Waals surface area contributed by atoms with Crippen LogP contribution in [0, 0.1) is 6.92 Å².